The van der Waals surface area contributed by atoms with E-state index in [1.54, 1.807) is 0 Å². The summed E-state index contributed by atoms with van der Waals surface area (Å²) in [5.74, 6) is -1.50. The van der Waals surface area contributed by atoms with Crippen LogP contribution in [0.2, 0.25) is 0 Å². The Balaban J connectivity index is 1.83. The number of primary sulfonamides is 1. The fourth-order valence-corrected chi connectivity index (χ4v) is 2.43. The quantitative estimate of drug-likeness (QED) is 0.673. The van der Waals surface area contributed by atoms with Crippen molar-refractivity contribution in [3.8, 4) is 0 Å². The van der Waals surface area contributed by atoms with Gasteiger partial charge in [-0.25, -0.2) is 13.6 Å². The van der Waals surface area contributed by atoms with E-state index < -0.39 is 21.8 Å². The summed E-state index contributed by atoms with van der Waals surface area (Å²) >= 11 is 0. The second-order valence-corrected chi connectivity index (χ2v) is 6.60. The summed E-state index contributed by atoms with van der Waals surface area (Å²) in [4.78, 5) is 23.4. The summed E-state index contributed by atoms with van der Waals surface area (Å²) < 4.78 is 22.3. The molecule has 0 atom stereocenters. The molecule has 0 fully saturated rings. The SMILES string of the molecule is NS(=O)(=O)c1ccc(CNC(=O)C(=O)NCc2ccccc2)cc1. The summed E-state index contributed by atoms with van der Waals surface area (Å²) in [6, 6.07) is 14.9. The summed E-state index contributed by atoms with van der Waals surface area (Å²) in [5, 5.41) is 9.98. The molecule has 0 saturated carbocycles. The van der Waals surface area contributed by atoms with Gasteiger partial charge in [0, 0.05) is 13.1 Å². The van der Waals surface area contributed by atoms with E-state index in [1.165, 1.54) is 24.3 Å². The average molecular weight is 347 g/mol. The van der Waals surface area contributed by atoms with Crippen LogP contribution >= 0.6 is 0 Å². The van der Waals surface area contributed by atoms with Gasteiger partial charge in [-0.1, -0.05) is 42.5 Å². The summed E-state index contributed by atoms with van der Waals surface area (Å²) in [7, 11) is -3.75. The van der Waals surface area contributed by atoms with Gasteiger partial charge >= 0.3 is 11.8 Å². The molecule has 0 unspecified atom stereocenters. The first-order chi connectivity index (χ1) is 11.4. The monoisotopic (exact) mass is 347 g/mol. The molecule has 24 heavy (non-hydrogen) atoms. The Morgan fingerprint density at radius 2 is 1.25 bits per heavy atom. The topological polar surface area (TPSA) is 118 Å². The van der Waals surface area contributed by atoms with Crippen LogP contribution in [0.15, 0.2) is 59.5 Å². The molecule has 2 aromatic carbocycles. The number of carbonyl (C=O) groups is 2. The number of amides is 2. The molecule has 0 spiro atoms. The highest BCUT2D eigenvalue weighted by molar-refractivity contribution is 7.89. The Hall–Kier alpha value is -2.71. The third-order valence-electron chi connectivity index (χ3n) is 3.21. The van der Waals surface area contributed by atoms with E-state index in [2.05, 4.69) is 10.6 Å². The Morgan fingerprint density at radius 1 is 0.792 bits per heavy atom. The highest BCUT2D eigenvalue weighted by Crippen LogP contribution is 2.08. The van der Waals surface area contributed by atoms with Crippen LogP contribution in [0.4, 0.5) is 0 Å². The van der Waals surface area contributed by atoms with Crippen molar-refractivity contribution in [1.29, 1.82) is 0 Å². The molecule has 2 amide bonds. The van der Waals surface area contributed by atoms with Crippen molar-refractivity contribution in [3.05, 3.63) is 65.7 Å². The Kier molecular flexibility index (Phi) is 5.67. The lowest BCUT2D eigenvalue weighted by Crippen LogP contribution is -2.39. The maximum Gasteiger partial charge on any atom is 0.309 e. The zero-order chi connectivity index (χ0) is 17.6. The van der Waals surface area contributed by atoms with E-state index in [0.29, 0.717) is 5.56 Å². The molecule has 0 aliphatic rings. The predicted molar refractivity (Wildman–Crippen MR) is 88.0 cm³/mol. The van der Waals surface area contributed by atoms with Gasteiger partial charge < -0.3 is 10.6 Å². The standard InChI is InChI=1S/C16H17N3O4S/c17-24(22,23)14-8-6-13(7-9-14)11-19-16(21)15(20)18-10-12-4-2-1-3-5-12/h1-9H,10-11H2,(H,18,20)(H,19,21)(H2,17,22,23). The number of hydrogen-bond acceptors (Lipinski definition) is 4. The first-order valence-electron chi connectivity index (χ1n) is 7.08. The molecule has 0 saturated heterocycles. The van der Waals surface area contributed by atoms with Crippen LogP contribution in [-0.2, 0) is 32.7 Å². The molecule has 0 radical (unpaired) electrons. The molecule has 7 nitrogen and oxygen atoms in total. The molecule has 0 heterocycles. The smallest absolute Gasteiger partial charge is 0.309 e. The molecule has 8 heteroatoms. The lowest BCUT2D eigenvalue weighted by Gasteiger charge is -2.07. The fraction of sp³-hybridized carbons (Fsp3) is 0.125. The summed E-state index contributed by atoms with van der Waals surface area (Å²) in [6.07, 6.45) is 0. The van der Waals surface area contributed by atoms with Crippen LogP contribution in [0.25, 0.3) is 0 Å². The molecule has 0 aliphatic heterocycles. The molecule has 0 bridgehead atoms. The lowest BCUT2D eigenvalue weighted by molar-refractivity contribution is -0.139. The van der Waals surface area contributed by atoms with E-state index >= 15 is 0 Å². The summed E-state index contributed by atoms with van der Waals surface area (Å²) in [6.45, 7) is 0.360. The van der Waals surface area contributed by atoms with Crippen LogP contribution in [-0.4, -0.2) is 20.2 Å². The van der Waals surface area contributed by atoms with Crippen molar-refractivity contribution in [1.82, 2.24) is 10.6 Å². The molecular formula is C16H17N3O4S. The van der Waals surface area contributed by atoms with Crippen molar-refractivity contribution in [2.45, 2.75) is 18.0 Å². The van der Waals surface area contributed by atoms with Gasteiger partial charge in [0.05, 0.1) is 4.90 Å². The van der Waals surface area contributed by atoms with Crippen LogP contribution < -0.4 is 15.8 Å². The first-order valence-corrected chi connectivity index (χ1v) is 8.62. The fourth-order valence-electron chi connectivity index (χ4n) is 1.92. The van der Waals surface area contributed by atoms with Crippen molar-refractivity contribution in [2.24, 2.45) is 5.14 Å². The van der Waals surface area contributed by atoms with Crippen molar-refractivity contribution < 1.29 is 18.0 Å². The van der Waals surface area contributed by atoms with E-state index in [4.69, 9.17) is 5.14 Å². The van der Waals surface area contributed by atoms with Crippen molar-refractivity contribution >= 4 is 21.8 Å². The maximum absolute atomic E-state index is 11.7. The van der Waals surface area contributed by atoms with E-state index in [1.807, 2.05) is 30.3 Å². The third-order valence-corrected chi connectivity index (χ3v) is 4.14. The van der Waals surface area contributed by atoms with Crippen LogP contribution in [0.1, 0.15) is 11.1 Å². The molecule has 4 N–H and O–H groups in total. The number of hydrogen-bond donors (Lipinski definition) is 3. The van der Waals surface area contributed by atoms with Crippen molar-refractivity contribution in [3.63, 3.8) is 0 Å². The number of carbonyl (C=O) groups excluding carboxylic acids is 2. The average Bonchev–Trinajstić information content (AvgIpc) is 2.58. The highest BCUT2D eigenvalue weighted by Gasteiger charge is 2.13. The Morgan fingerprint density at radius 3 is 1.71 bits per heavy atom. The van der Waals surface area contributed by atoms with Gasteiger partial charge in [0.1, 0.15) is 0 Å². The minimum Gasteiger partial charge on any atom is -0.344 e. The third kappa shape index (κ3) is 5.18. The summed E-state index contributed by atoms with van der Waals surface area (Å²) in [5.41, 5.74) is 1.53. The van der Waals surface area contributed by atoms with Gasteiger partial charge in [0.25, 0.3) is 0 Å². The molecular weight excluding hydrogens is 330 g/mol. The zero-order valence-electron chi connectivity index (χ0n) is 12.7. The molecule has 2 rings (SSSR count). The largest absolute Gasteiger partial charge is 0.344 e. The van der Waals surface area contributed by atoms with Crippen molar-refractivity contribution in [2.75, 3.05) is 0 Å². The highest BCUT2D eigenvalue weighted by atomic mass is 32.2. The molecule has 0 aliphatic carbocycles. The number of nitrogens with one attached hydrogen (secondary N) is 2. The first kappa shape index (κ1) is 17.6. The van der Waals surface area contributed by atoms with Crippen LogP contribution in [0.3, 0.4) is 0 Å². The van der Waals surface area contributed by atoms with E-state index in [0.717, 1.165) is 5.56 Å². The van der Waals surface area contributed by atoms with Gasteiger partial charge in [-0.05, 0) is 23.3 Å². The van der Waals surface area contributed by atoms with Crippen LogP contribution in [0, 0.1) is 0 Å². The van der Waals surface area contributed by atoms with Gasteiger partial charge in [-0.3, -0.25) is 9.59 Å². The van der Waals surface area contributed by atoms with E-state index in [9.17, 15) is 18.0 Å². The minimum absolute atomic E-state index is 0.0156. The van der Waals surface area contributed by atoms with Gasteiger partial charge in [0.2, 0.25) is 10.0 Å². The predicted octanol–water partition coefficient (Wildman–Crippen LogP) is 0.267. The lowest BCUT2D eigenvalue weighted by atomic mass is 10.2. The minimum atomic E-state index is -3.75. The number of rotatable bonds is 5. The number of sulfonamides is 1. The Bertz CT molecular complexity index is 818. The van der Waals surface area contributed by atoms with Gasteiger partial charge in [-0.15, -0.1) is 0 Å². The normalized spacial score (nSPS) is 10.9. The second kappa shape index (κ2) is 7.71. The van der Waals surface area contributed by atoms with Gasteiger partial charge in [-0.2, -0.15) is 0 Å². The maximum atomic E-state index is 11.7. The van der Waals surface area contributed by atoms with E-state index in [-0.39, 0.29) is 18.0 Å². The second-order valence-electron chi connectivity index (χ2n) is 5.04. The molecule has 0 aromatic heterocycles. The Labute approximate surface area is 139 Å². The molecule has 2 aromatic rings. The zero-order valence-corrected chi connectivity index (χ0v) is 13.5. The van der Waals surface area contributed by atoms with Gasteiger partial charge in [0.15, 0.2) is 0 Å². The number of nitrogens with two attached hydrogens (primary N) is 1. The number of benzene rings is 2. The van der Waals surface area contributed by atoms with Crippen LogP contribution in [0.5, 0.6) is 0 Å². The molecule has 126 valence electrons.